The monoisotopic (exact) mass is 427 g/mol. The molecule has 7 nitrogen and oxygen atoms in total. The van der Waals surface area contributed by atoms with Gasteiger partial charge in [-0.05, 0) is 49.7 Å². The van der Waals surface area contributed by atoms with Gasteiger partial charge in [0, 0.05) is 31.5 Å². The Balaban J connectivity index is 1.76. The van der Waals surface area contributed by atoms with Crippen molar-refractivity contribution in [3.63, 3.8) is 0 Å². The van der Waals surface area contributed by atoms with Crippen molar-refractivity contribution in [2.24, 2.45) is 10.9 Å². The minimum atomic E-state index is -0.241. The fourth-order valence-electron chi connectivity index (χ4n) is 3.16. The third-order valence-corrected chi connectivity index (χ3v) is 5.83. The van der Waals surface area contributed by atoms with Gasteiger partial charge in [-0.3, -0.25) is 19.6 Å². The van der Waals surface area contributed by atoms with E-state index in [1.807, 2.05) is 13.0 Å². The first-order chi connectivity index (χ1) is 14.6. The van der Waals surface area contributed by atoms with Crippen molar-refractivity contribution in [1.29, 1.82) is 0 Å². The quantitative estimate of drug-likeness (QED) is 0.372. The van der Waals surface area contributed by atoms with Crippen molar-refractivity contribution < 1.29 is 18.7 Å². The molecule has 0 radical (unpaired) electrons. The Kier molecular flexibility index (Phi) is 7.98. The van der Waals surface area contributed by atoms with Gasteiger partial charge in [0.15, 0.2) is 11.5 Å². The standard InChI is InChI=1S/C22H25N3O4S/c1-3-15-11-17(13-24-12-15)22(27)25-14-30-21(19(23-2)18-5-4-8-29-18)20(26)16-6-9-28-10-7-16/h4-5,8,11-13,16H,2-3,6-7,9-10,14H2,1H3,(H,25,27)/b21-19-. The molecule has 1 amide bonds. The normalized spacial score (nSPS) is 15.4. The number of furan rings is 1. The number of hydrogen-bond donors (Lipinski definition) is 1. The van der Waals surface area contributed by atoms with Gasteiger partial charge in [0.25, 0.3) is 5.91 Å². The number of aliphatic imine (C=N–C) groups is 1. The van der Waals surface area contributed by atoms with Crippen LogP contribution in [0.15, 0.2) is 51.2 Å². The average molecular weight is 428 g/mol. The number of thioether (sulfide) groups is 1. The number of carbonyl (C=O) groups is 2. The molecule has 1 aliphatic rings. The third-order valence-electron chi connectivity index (χ3n) is 4.86. The molecule has 0 spiro atoms. The van der Waals surface area contributed by atoms with E-state index >= 15 is 0 Å². The van der Waals surface area contributed by atoms with Crippen LogP contribution in [0.25, 0.3) is 5.70 Å². The summed E-state index contributed by atoms with van der Waals surface area (Å²) in [6.07, 6.45) is 6.91. The molecule has 1 aliphatic heterocycles. The van der Waals surface area contributed by atoms with Crippen LogP contribution in [0.5, 0.6) is 0 Å². The van der Waals surface area contributed by atoms with Gasteiger partial charge in [0.2, 0.25) is 0 Å². The molecule has 2 aromatic rings. The number of hydrogen-bond acceptors (Lipinski definition) is 7. The van der Waals surface area contributed by atoms with Crippen molar-refractivity contribution in [1.82, 2.24) is 10.3 Å². The summed E-state index contributed by atoms with van der Waals surface area (Å²) in [4.78, 5) is 34.3. The van der Waals surface area contributed by atoms with Gasteiger partial charge in [0.05, 0.1) is 22.6 Å². The smallest absolute Gasteiger partial charge is 0.253 e. The van der Waals surface area contributed by atoms with E-state index in [0.717, 1.165) is 12.0 Å². The summed E-state index contributed by atoms with van der Waals surface area (Å²) >= 11 is 1.23. The molecule has 1 fully saturated rings. The summed E-state index contributed by atoms with van der Waals surface area (Å²) < 4.78 is 10.8. The van der Waals surface area contributed by atoms with E-state index in [4.69, 9.17) is 9.15 Å². The molecule has 0 bridgehead atoms. The zero-order valence-corrected chi connectivity index (χ0v) is 17.7. The van der Waals surface area contributed by atoms with Crippen molar-refractivity contribution in [2.45, 2.75) is 26.2 Å². The van der Waals surface area contributed by atoms with Crippen LogP contribution in [0.4, 0.5) is 0 Å². The number of aromatic nitrogens is 1. The Morgan fingerprint density at radius 3 is 2.80 bits per heavy atom. The number of ketones is 1. The maximum Gasteiger partial charge on any atom is 0.253 e. The van der Waals surface area contributed by atoms with Crippen LogP contribution in [-0.2, 0) is 16.0 Å². The SMILES string of the molecule is C=N/C(=C(\SCNC(=O)c1cncc(CC)c1)C(=O)C1CCOCC1)c1ccco1. The van der Waals surface area contributed by atoms with Crippen molar-refractivity contribution >= 4 is 35.9 Å². The number of allylic oxidation sites excluding steroid dienone is 1. The molecule has 0 aromatic carbocycles. The zero-order valence-electron chi connectivity index (χ0n) is 16.9. The van der Waals surface area contributed by atoms with Crippen LogP contribution in [0, 0.1) is 5.92 Å². The number of Topliss-reactive ketones (excluding diaryl/α,β-unsaturated/α-hetero) is 1. The van der Waals surface area contributed by atoms with Gasteiger partial charge in [0.1, 0.15) is 5.70 Å². The van der Waals surface area contributed by atoms with E-state index in [2.05, 4.69) is 22.0 Å². The molecular weight excluding hydrogens is 402 g/mol. The fourth-order valence-corrected chi connectivity index (χ4v) is 4.12. The van der Waals surface area contributed by atoms with Gasteiger partial charge in [-0.25, -0.2) is 0 Å². The highest BCUT2D eigenvalue weighted by atomic mass is 32.2. The maximum absolute atomic E-state index is 13.2. The van der Waals surface area contributed by atoms with Crippen molar-refractivity contribution in [3.05, 3.63) is 58.6 Å². The van der Waals surface area contributed by atoms with Crippen molar-refractivity contribution in [3.8, 4) is 0 Å². The van der Waals surface area contributed by atoms with Gasteiger partial charge >= 0.3 is 0 Å². The van der Waals surface area contributed by atoms with Gasteiger partial charge in [-0.2, -0.15) is 0 Å². The number of carbonyl (C=O) groups excluding carboxylic acids is 2. The summed E-state index contributed by atoms with van der Waals surface area (Å²) in [6, 6.07) is 5.29. The fraction of sp³-hybridized carbons (Fsp3) is 0.364. The first kappa shape index (κ1) is 22.0. The Bertz CT molecular complexity index is 918. The highest BCUT2D eigenvalue weighted by Gasteiger charge is 2.28. The molecule has 30 heavy (non-hydrogen) atoms. The lowest BCUT2D eigenvalue weighted by molar-refractivity contribution is -0.121. The molecule has 0 aliphatic carbocycles. The largest absolute Gasteiger partial charge is 0.463 e. The molecule has 3 heterocycles. The number of amides is 1. The molecule has 3 rings (SSSR count). The van der Waals surface area contributed by atoms with Crippen LogP contribution in [0.1, 0.15) is 41.4 Å². The van der Waals surface area contributed by atoms with Crippen LogP contribution < -0.4 is 5.32 Å². The number of nitrogens with zero attached hydrogens (tertiary/aromatic N) is 2. The summed E-state index contributed by atoms with van der Waals surface area (Å²) in [5, 5.41) is 2.84. The molecule has 1 saturated heterocycles. The lowest BCUT2D eigenvalue weighted by Gasteiger charge is -2.22. The van der Waals surface area contributed by atoms with E-state index in [1.165, 1.54) is 24.2 Å². The minimum Gasteiger partial charge on any atom is -0.463 e. The van der Waals surface area contributed by atoms with Gasteiger partial charge in [-0.15, -0.1) is 0 Å². The second-order valence-corrected chi connectivity index (χ2v) is 7.78. The van der Waals surface area contributed by atoms with E-state index in [0.29, 0.717) is 48.0 Å². The van der Waals surface area contributed by atoms with E-state index in [1.54, 1.807) is 18.3 Å². The summed E-state index contributed by atoms with van der Waals surface area (Å²) in [6.45, 7) is 6.75. The molecule has 0 saturated carbocycles. The minimum absolute atomic E-state index is 0.0222. The second kappa shape index (κ2) is 10.9. The maximum atomic E-state index is 13.2. The molecule has 8 heteroatoms. The Morgan fingerprint density at radius 2 is 2.13 bits per heavy atom. The lowest BCUT2D eigenvalue weighted by Crippen LogP contribution is -2.26. The topological polar surface area (TPSA) is 93.8 Å². The van der Waals surface area contributed by atoms with Crippen LogP contribution in [0.3, 0.4) is 0 Å². The van der Waals surface area contributed by atoms with E-state index < -0.39 is 0 Å². The molecule has 2 aromatic heterocycles. The van der Waals surface area contributed by atoms with Crippen LogP contribution in [0.2, 0.25) is 0 Å². The summed E-state index contributed by atoms with van der Waals surface area (Å²) in [5.41, 5.74) is 1.87. The predicted octanol–water partition coefficient (Wildman–Crippen LogP) is 3.72. The van der Waals surface area contributed by atoms with Crippen molar-refractivity contribution in [2.75, 3.05) is 19.1 Å². The van der Waals surface area contributed by atoms with Gasteiger partial charge < -0.3 is 14.5 Å². The first-order valence-electron chi connectivity index (χ1n) is 9.85. The molecule has 0 unspecified atom stereocenters. The Morgan fingerprint density at radius 1 is 1.33 bits per heavy atom. The highest BCUT2D eigenvalue weighted by Crippen LogP contribution is 2.33. The Hall–Kier alpha value is -2.71. The van der Waals surface area contributed by atoms with Crippen LogP contribution >= 0.6 is 11.8 Å². The van der Waals surface area contributed by atoms with E-state index in [-0.39, 0.29) is 23.5 Å². The summed E-state index contributed by atoms with van der Waals surface area (Å²) in [7, 11) is 0. The zero-order chi connectivity index (χ0) is 21.3. The summed E-state index contributed by atoms with van der Waals surface area (Å²) in [5.74, 6) is 0.271. The number of nitrogens with one attached hydrogen (secondary N) is 1. The third kappa shape index (κ3) is 5.46. The average Bonchev–Trinajstić information content (AvgIpc) is 3.33. The van der Waals surface area contributed by atoms with Crippen LogP contribution in [-0.4, -0.2) is 42.5 Å². The van der Waals surface area contributed by atoms with E-state index in [9.17, 15) is 9.59 Å². The number of aryl methyl sites for hydroxylation is 1. The van der Waals surface area contributed by atoms with Gasteiger partial charge in [-0.1, -0.05) is 18.7 Å². The highest BCUT2D eigenvalue weighted by molar-refractivity contribution is 8.04. The number of rotatable bonds is 9. The molecule has 158 valence electrons. The number of pyridine rings is 1. The molecule has 1 N–H and O–H groups in total. The molecular formula is C22H25N3O4S. The predicted molar refractivity (Wildman–Crippen MR) is 117 cm³/mol. The first-order valence-corrected chi connectivity index (χ1v) is 10.8. The number of ether oxygens (including phenoxy) is 1. The lowest BCUT2D eigenvalue weighted by atomic mass is 9.94. The Labute approximate surface area is 180 Å². The second-order valence-electron chi connectivity index (χ2n) is 6.79. The molecule has 0 atom stereocenters.